The van der Waals surface area contributed by atoms with Crippen molar-refractivity contribution in [3.63, 3.8) is 0 Å². The molecular weight excluding hydrogens is 360 g/mol. The lowest BCUT2D eigenvalue weighted by molar-refractivity contribution is -0.137. The predicted molar refractivity (Wildman–Crippen MR) is 108 cm³/mol. The maximum absolute atomic E-state index is 13.7. The van der Waals surface area contributed by atoms with Crippen molar-refractivity contribution in [1.29, 1.82) is 0 Å². The Balaban J connectivity index is 1.87. The number of ether oxygens (including phenoxy) is 2. The van der Waals surface area contributed by atoms with Gasteiger partial charge in [-0.3, -0.25) is 9.69 Å². The molecule has 2 aliphatic carbocycles. The number of benzene rings is 1. The lowest BCUT2D eigenvalue weighted by Gasteiger charge is -2.45. The van der Waals surface area contributed by atoms with E-state index < -0.39 is 5.54 Å². The molecule has 1 heterocycles. The third-order valence-electron chi connectivity index (χ3n) is 6.65. The van der Waals surface area contributed by atoms with Gasteiger partial charge in [0.1, 0.15) is 5.75 Å². The Kier molecular flexibility index (Phi) is 4.75. The van der Waals surface area contributed by atoms with E-state index in [1.54, 1.807) is 23.8 Å². The van der Waals surface area contributed by atoms with E-state index in [0.717, 1.165) is 48.6 Å². The summed E-state index contributed by atoms with van der Waals surface area (Å²) in [4.78, 5) is 20.6. The first-order chi connectivity index (χ1) is 13.0. The van der Waals surface area contributed by atoms with E-state index in [9.17, 15) is 4.79 Å². The van der Waals surface area contributed by atoms with Gasteiger partial charge in [-0.25, -0.2) is 4.99 Å². The molecule has 27 heavy (non-hydrogen) atoms. The number of fused-ring (bicyclic) bond motifs is 3. The van der Waals surface area contributed by atoms with Crippen molar-refractivity contribution in [2.45, 2.75) is 50.7 Å². The molecule has 1 unspecified atom stereocenters. The number of hydrogen-bond donors (Lipinski definition) is 0. The molecule has 0 radical (unpaired) electrons. The number of hydrogen-bond acceptors (Lipinski definition) is 5. The molecule has 0 aromatic heterocycles. The first kappa shape index (κ1) is 18.8. The summed E-state index contributed by atoms with van der Waals surface area (Å²) in [6.07, 6.45) is 7.04. The fourth-order valence-electron chi connectivity index (χ4n) is 5.30. The minimum absolute atomic E-state index is 0.107. The van der Waals surface area contributed by atoms with E-state index >= 15 is 0 Å². The van der Waals surface area contributed by atoms with Gasteiger partial charge in [-0.05, 0) is 68.5 Å². The Morgan fingerprint density at radius 2 is 2.07 bits per heavy atom. The smallest absolute Gasteiger partial charge is 0.261 e. The van der Waals surface area contributed by atoms with Crippen molar-refractivity contribution in [2.75, 3.05) is 27.0 Å². The molecular formula is C21H28N2O3S. The van der Waals surface area contributed by atoms with E-state index in [1.807, 2.05) is 26.3 Å². The Morgan fingerprint density at radius 3 is 2.67 bits per heavy atom. The Morgan fingerprint density at radius 1 is 1.33 bits per heavy atom. The SMILES string of the molecule is CCOc1ccc2c(c1)C1(N=C(SC)N(C)C1=O)C1(CCC(OC)CC1)C2. The third kappa shape index (κ3) is 2.56. The molecule has 1 saturated carbocycles. The molecule has 0 N–H and O–H groups in total. The predicted octanol–water partition coefficient (Wildman–Crippen LogP) is 3.60. The number of thioether (sulfide) groups is 1. The van der Waals surface area contributed by atoms with Crippen LogP contribution in [0.1, 0.15) is 43.7 Å². The highest BCUT2D eigenvalue weighted by Gasteiger charge is 2.66. The van der Waals surface area contributed by atoms with Gasteiger partial charge in [-0.2, -0.15) is 0 Å². The number of carbonyl (C=O) groups excluding carboxylic acids is 1. The summed E-state index contributed by atoms with van der Waals surface area (Å²) in [5.74, 6) is 0.927. The van der Waals surface area contributed by atoms with Gasteiger partial charge in [-0.1, -0.05) is 17.8 Å². The van der Waals surface area contributed by atoms with Gasteiger partial charge >= 0.3 is 0 Å². The lowest BCUT2D eigenvalue weighted by atomic mass is 9.61. The minimum atomic E-state index is -0.818. The van der Waals surface area contributed by atoms with Crippen molar-refractivity contribution in [2.24, 2.45) is 10.4 Å². The van der Waals surface area contributed by atoms with Crippen molar-refractivity contribution in [3.8, 4) is 5.75 Å². The number of carbonyl (C=O) groups is 1. The fourth-order valence-corrected chi connectivity index (χ4v) is 5.88. The van der Waals surface area contributed by atoms with Gasteiger partial charge in [0.25, 0.3) is 5.91 Å². The summed E-state index contributed by atoms with van der Waals surface area (Å²) >= 11 is 1.55. The summed E-state index contributed by atoms with van der Waals surface area (Å²) in [5.41, 5.74) is 1.30. The third-order valence-corrected chi connectivity index (χ3v) is 7.38. The first-order valence-electron chi connectivity index (χ1n) is 9.72. The maximum atomic E-state index is 13.7. The molecule has 4 rings (SSSR count). The Bertz CT molecular complexity index is 786. The number of amides is 1. The highest BCUT2D eigenvalue weighted by atomic mass is 32.2. The van der Waals surface area contributed by atoms with Gasteiger partial charge in [0.2, 0.25) is 0 Å². The standard InChI is InChI=1S/C21H28N2O3S/c1-5-26-16-7-6-14-13-20(10-8-15(25-3)9-11-20)21(17(14)12-16)18(24)23(2)19(22-21)27-4/h6-7,12,15H,5,8-11,13H2,1-4H3. The monoisotopic (exact) mass is 388 g/mol. The van der Waals surface area contributed by atoms with Crippen LogP contribution >= 0.6 is 11.8 Å². The number of rotatable bonds is 3. The molecule has 1 aromatic rings. The Hall–Kier alpha value is -1.53. The molecule has 3 aliphatic rings. The van der Waals surface area contributed by atoms with Crippen LogP contribution in [-0.2, 0) is 21.5 Å². The van der Waals surface area contributed by atoms with Gasteiger partial charge in [0, 0.05) is 19.6 Å². The van der Waals surface area contributed by atoms with Crippen LogP contribution in [0.2, 0.25) is 0 Å². The van der Waals surface area contributed by atoms with Crippen LogP contribution in [-0.4, -0.2) is 49.1 Å². The van der Waals surface area contributed by atoms with E-state index in [2.05, 4.69) is 12.1 Å². The number of amidine groups is 1. The molecule has 2 spiro atoms. The van der Waals surface area contributed by atoms with Crippen LogP contribution in [0.25, 0.3) is 0 Å². The number of nitrogens with zero attached hydrogens (tertiary/aromatic N) is 2. The van der Waals surface area contributed by atoms with Crippen LogP contribution in [0, 0.1) is 5.41 Å². The highest BCUT2D eigenvalue weighted by molar-refractivity contribution is 8.13. The topological polar surface area (TPSA) is 51.1 Å². The van der Waals surface area contributed by atoms with Gasteiger partial charge in [0.15, 0.2) is 10.7 Å². The van der Waals surface area contributed by atoms with E-state index in [0.29, 0.717) is 6.61 Å². The van der Waals surface area contributed by atoms with Crippen LogP contribution in [0.4, 0.5) is 0 Å². The quantitative estimate of drug-likeness (QED) is 0.794. The molecule has 0 saturated heterocycles. The van der Waals surface area contributed by atoms with E-state index in [4.69, 9.17) is 14.5 Å². The Labute approximate surface area is 165 Å². The molecule has 6 heteroatoms. The average Bonchev–Trinajstić information content (AvgIpc) is 3.10. The van der Waals surface area contributed by atoms with Gasteiger partial charge in [-0.15, -0.1) is 0 Å². The van der Waals surface area contributed by atoms with Crippen LogP contribution in [0.3, 0.4) is 0 Å². The molecule has 1 amide bonds. The molecule has 1 fully saturated rings. The van der Waals surface area contributed by atoms with Crippen molar-refractivity contribution >= 4 is 22.8 Å². The molecule has 0 bridgehead atoms. The fraction of sp³-hybridized carbons (Fsp3) is 0.619. The van der Waals surface area contributed by atoms with E-state index in [1.165, 1.54) is 5.56 Å². The highest BCUT2D eigenvalue weighted by Crippen LogP contribution is 2.62. The van der Waals surface area contributed by atoms with Crippen LogP contribution in [0.15, 0.2) is 23.2 Å². The molecule has 5 nitrogen and oxygen atoms in total. The minimum Gasteiger partial charge on any atom is -0.494 e. The van der Waals surface area contributed by atoms with Crippen molar-refractivity contribution in [1.82, 2.24) is 4.90 Å². The second kappa shape index (κ2) is 6.82. The van der Waals surface area contributed by atoms with Crippen LogP contribution in [0.5, 0.6) is 5.75 Å². The zero-order chi connectivity index (χ0) is 19.2. The number of aliphatic imine (C=N–C) groups is 1. The maximum Gasteiger partial charge on any atom is 0.261 e. The summed E-state index contributed by atoms with van der Waals surface area (Å²) in [6.45, 7) is 2.59. The zero-order valence-corrected chi connectivity index (χ0v) is 17.4. The largest absolute Gasteiger partial charge is 0.494 e. The number of likely N-dealkylation sites (N-methyl/N-ethyl adjacent to an activating group) is 1. The lowest BCUT2D eigenvalue weighted by Crippen LogP contribution is -2.51. The van der Waals surface area contributed by atoms with Crippen molar-refractivity contribution in [3.05, 3.63) is 29.3 Å². The molecule has 1 atom stereocenters. The summed E-state index contributed by atoms with van der Waals surface area (Å²) < 4.78 is 11.4. The van der Waals surface area contributed by atoms with Gasteiger partial charge < -0.3 is 9.47 Å². The second-order valence-electron chi connectivity index (χ2n) is 7.82. The van der Waals surface area contributed by atoms with Crippen molar-refractivity contribution < 1.29 is 14.3 Å². The number of methoxy groups -OCH3 is 1. The molecule has 146 valence electrons. The summed E-state index contributed by atoms with van der Waals surface area (Å²) in [6, 6.07) is 6.23. The summed E-state index contributed by atoms with van der Waals surface area (Å²) in [7, 11) is 3.64. The van der Waals surface area contributed by atoms with Crippen LogP contribution < -0.4 is 4.74 Å². The zero-order valence-electron chi connectivity index (χ0n) is 16.6. The average molecular weight is 389 g/mol. The molecule has 1 aromatic carbocycles. The first-order valence-corrected chi connectivity index (χ1v) is 10.9. The second-order valence-corrected chi connectivity index (χ2v) is 8.59. The van der Waals surface area contributed by atoms with Gasteiger partial charge in [0.05, 0.1) is 12.7 Å². The van der Waals surface area contributed by atoms with E-state index in [-0.39, 0.29) is 17.4 Å². The summed E-state index contributed by atoms with van der Waals surface area (Å²) in [5, 5.41) is 0.808. The normalized spacial score (nSPS) is 32.3. The molecule has 1 aliphatic heterocycles.